The van der Waals surface area contributed by atoms with Crippen LogP contribution >= 0.6 is 0 Å². The second kappa shape index (κ2) is 6.46. The molecule has 10 heteroatoms. The number of carboxylic acid groups (broad SMARTS) is 1. The molecule has 0 saturated carbocycles. The van der Waals surface area contributed by atoms with Gasteiger partial charge in [-0.25, -0.2) is 9.18 Å². The summed E-state index contributed by atoms with van der Waals surface area (Å²) in [6.07, 6.45) is -4.58. The van der Waals surface area contributed by atoms with Crippen LogP contribution in [0.3, 0.4) is 0 Å². The number of nitrogens with one attached hydrogen (secondary N) is 1. The lowest BCUT2D eigenvalue weighted by Gasteiger charge is -2.18. The van der Waals surface area contributed by atoms with Gasteiger partial charge in [0.1, 0.15) is 18.4 Å². The van der Waals surface area contributed by atoms with Gasteiger partial charge >= 0.3 is 12.1 Å². The summed E-state index contributed by atoms with van der Waals surface area (Å²) in [5, 5.41) is 10.9. The van der Waals surface area contributed by atoms with Crippen molar-refractivity contribution in [3.8, 4) is 0 Å². The van der Waals surface area contributed by atoms with E-state index in [2.05, 4.69) is 5.32 Å². The van der Waals surface area contributed by atoms with Gasteiger partial charge < -0.3 is 15.3 Å². The third kappa shape index (κ3) is 4.00. The van der Waals surface area contributed by atoms with Crippen molar-refractivity contribution in [3.63, 3.8) is 0 Å². The Bertz CT molecular complexity index is 690. The Hall–Kier alpha value is -2.65. The van der Waals surface area contributed by atoms with Crippen LogP contribution in [0.2, 0.25) is 0 Å². The third-order valence-electron chi connectivity index (χ3n) is 3.43. The van der Waals surface area contributed by atoms with E-state index in [1.54, 1.807) is 0 Å². The number of alkyl halides is 3. The minimum atomic E-state index is -4.55. The van der Waals surface area contributed by atoms with Gasteiger partial charge in [-0.1, -0.05) is 0 Å². The average Bonchev–Trinajstić information content (AvgIpc) is 2.78. The van der Waals surface area contributed by atoms with Crippen LogP contribution in [0.25, 0.3) is 0 Å². The standard InChI is InChI=1S/C14H12F4N2O4/c15-9-5-7(13(23)24)1-2-8(9)11(21)19-10-3-4-20(12(10)22)6-14(16,17)18/h1-2,5,10H,3-4,6H2,(H,19,21)(H,23,24). The molecule has 1 aromatic carbocycles. The van der Waals surface area contributed by atoms with Crippen LogP contribution in [0.4, 0.5) is 17.6 Å². The first-order chi connectivity index (χ1) is 11.1. The third-order valence-corrected chi connectivity index (χ3v) is 3.43. The molecule has 6 nitrogen and oxygen atoms in total. The van der Waals surface area contributed by atoms with E-state index in [4.69, 9.17) is 5.11 Å². The van der Waals surface area contributed by atoms with Crippen LogP contribution in [-0.2, 0) is 4.79 Å². The van der Waals surface area contributed by atoms with Crippen LogP contribution in [-0.4, -0.2) is 53.1 Å². The number of carbonyl (C=O) groups excluding carboxylic acids is 2. The lowest BCUT2D eigenvalue weighted by Crippen LogP contribution is -2.44. The summed E-state index contributed by atoms with van der Waals surface area (Å²) < 4.78 is 50.7. The quantitative estimate of drug-likeness (QED) is 0.806. The summed E-state index contributed by atoms with van der Waals surface area (Å²) in [4.78, 5) is 35.0. The van der Waals surface area contributed by atoms with Crippen LogP contribution in [0.1, 0.15) is 27.1 Å². The van der Waals surface area contributed by atoms with Gasteiger partial charge in [0.2, 0.25) is 5.91 Å². The minimum absolute atomic E-state index is 0.0323. The molecule has 1 atom stereocenters. The molecule has 0 spiro atoms. The molecular formula is C14H12F4N2O4. The number of halogens is 4. The van der Waals surface area contributed by atoms with Gasteiger partial charge in [0.25, 0.3) is 5.91 Å². The molecule has 1 saturated heterocycles. The van der Waals surface area contributed by atoms with E-state index >= 15 is 0 Å². The maximum absolute atomic E-state index is 13.8. The Kier molecular flexibility index (Phi) is 4.76. The van der Waals surface area contributed by atoms with Crippen molar-refractivity contribution in [3.05, 3.63) is 35.1 Å². The highest BCUT2D eigenvalue weighted by molar-refractivity contribution is 5.99. The number of aromatic carboxylic acids is 1. The summed E-state index contributed by atoms with van der Waals surface area (Å²) in [5.41, 5.74) is -0.862. The highest BCUT2D eigenvalue weighted by Gasteiger charge is 2.40. The van der Waals surface area contributed by atoms with Gasteiger partial charge in [0.15, 0.2) is 0 Å². The molecule has 2 N–H and O–H groups in total. The fourth-order valence-electron chi connectivity index (χ4n) is 2.31. The SMILES string of the molecule is O=C(O)c1ccc(C(=O)NC2CCN(CC(F)(F)F)C2=O)c(F)c1. The molecule has 0 bridgehead atoms. The number of benzene rings is 1. The number of hydrogen-bond acceptors (Lipinski definition) is 3. The first-order valence-electron chi connectivity index (χ1n) is 6.78. The number of hydrogen-bond donors (Lipinski definition) is 2. The Labute approximate surface area is 133 Å². The maximum atomic E-state index is 13.8. The van der Waals surface area contributed by atoms with Crippen molar-refractivity contribution in [1.82, 2.24) is 10.2 Å². The van der Waals surface area contributed by atoms with E-state index in [0.29, 0.717) is 11.0 Å². The van der Waals surface area contributed by atoms with Gasteiger partial charge in [0.05, 0.1) is 11.1 Å². The summed E-state index contributed by atoms with van der Waals surface area (Å²) in [5.74, 6) is -4.39. The predicted molar refractivity (Wildman–Crippen MR) is 71.9 cm³/mol. The smallest absolute Gasteiger partial charge is 0.406 e. The minimum Gasteiger partial charge on any atom is -0.478 e. The maximum Gasteiger partial charge on any atom is 0.406 e. The molecule has 1 heterocycles. The molecule has 0 aliphatic carbocycles. The fraction of sp³-hybridized carbons (Fsp3) is 0.357. The molecule has 2 rings (SSSR count). The van der Waals surface area contributed by atoms with Gasteiger partial charge in [-0.05, 0) is 24.6 Å². The van der Waals surface area contributed by atoms with E-state index in [1.807, 2.05) is 0 Å². The Morgan fingerprint density at radius 3 is 2.54 bits per heavy atom. The predicted octanol–water partition coefficient (Wildman–Crippen LogP) is 1.42. The zero-order chi connectivity index (χ0) is 18.1. The Morgan fingerprint density at radius 2 is 2.00 bits per heavy atom. The second-order valence-corrected chi connectivity index (χ2v) is 5.19. The Balaban J connectivity index is 2.05. The number of nitrogens with zero attached hydrogens (tertiary/aromatic N) is 1. The highest BCUT2D eigenvalue weighted by atomic mass is 19.4. The van der Waals surface area contributed by atoms with E-state index in [0.717, 1.165) is 12.1 Å². The molecule has 24 heavy (non-hydrogen) atoms. The van der Waals surface area contributed by atoms with E-state index in [-0.39, 0.29) is 18.5 Å². The number of carboxylic acids is 1. The number of amides is 2. The summed E-state index contributed by atoms with van der Waals surface area (Å²) in [6, 6.07) is 1.40. The largest absolute Gasteiger partial charge is 0.478 e. The summed E-state index contributed by atoms with van der Waals surface area (Å²) >= 11 is 0. The van der Waals surface area contributed by atoms with Crippen LogP contribution in [0.5, 0.6) is 0 Å². The van der Waals surface area contributed by atoms with Crippen molar-refractivity contribution in [2.24, 2.45) is 0 Å². The average molecular weight is 348 g/mol. The molecule has 1 aromatic rings. The van der Waals surface area contributed by atoms with Gasteiger partial charge in [-0.3, -0.25) is 9.59 Å². The number of rotatable bonds is 4. The molecule has 1 aliphatic heterocycles. The molecule has 0 aromatic heterocycles. The van der Waals surface area contributed by atoms with Crippen molar-refractivity contribution >= 4 is 17.8 Å². The lowest BCUT2D eigenvalue weighted by atomic mass is 10.1. The monoisotopic (exact) mass is 348 g/mol. The van der Waals surface area contributed by atoms with Crippen molar-refractivity contribution in [1.29, 1.82) is 0 Å². The number of likely N-dealkylation sites (tertiary alicyclic amines) is 1. The second-order valence-electron chi connectivity index (χ2n) is 5.19. The molecule has 1 fully saturated rings. The molecule has 1 unspecified atom stereocenters. The van der Waals surface area contributed by atoms with Gasteiger partial charge in [-0.2, -0.15) is 13.2 Å². The molecular weight excluding hydrogens is 336 g/mol. The Morgan fingerprint density at radius 1 is 1.33 bits per heavy atom. The van der Waals surface area contributed by atoms with Gasteiger partial charge in [0, 0.05) is 6.54 Å². The summed E-state index contributed by atoms with van der Waals surface area (Å²) in [7, 11) is 0. The summed E-state index contributed by atoms with van der Waals surface area (Å²) in [6.45, 7) is -1.59. The van der Waals surface area contributed by atoms with Crippen molar-refractivity contribution in [2.45, 2.75) is 18.6 Å². The van der Waals surface area contributed by atoms with Gasteiger partial charge in [-0.15, -0.1) is 0 Å². The highest BCUT2D eigenvalue weighted by Crippen LogP contribution is 2.21. The van der Waals surface area contributed by atoms with Crippen LogP contribution in [0.15, 0.2) is 18.2 Å². The van der Waals surface area contributed by atoms with E-state index in [9.17, 15) is 31.9 Å². The van der Waals surface area contributed by atoms with Crippen molar-refractivity contribution in [2.75, 3.05) is 13.1 Å². The topological polar surface area (TPSA) is 86.7 Å². The first-order valence-corrected chi connectivity index (χ1v) is 6.78. The van der Waals surface area contributed by atoms with Crippen LogP contribution < -0.4 is 5.32 Å². The number of carbonyl (C=O) groups is 3. The van der Waals surface area contributed by atoms with E-state index in [1.165, 1.54) is 0 Å². The molecule has 0 radical (unpaired) electrons. The van der Waals surface area contributed by atoms with Crippen molar-refractivity contribution < 1.29 is 37.1 Å². The lowest BCUT2D eigenvalue weighted by molar-refractivity contribution is -0.157. The molecule has 2 amide bonds. The van der Waals surface area contributed by atoms with E-state index < -0.39 is 47.9 Å². The molecule has 130 valence electrons. The normalized spacial score (nSPS) is 17.9. The molecule has 1 aliphatic rings. The first kappa shape index (κ1) is 17.7. The fourth-order valence-corrected chi connectivity index (χ4v) is 2.31. The zero-order valence-electron chi connectivity index (χ0n) is 12.1. The van der Waals surface area contributed by atoms with Crippen LogP contribution in [0, 0.1) is 5.82 Å². The zero-order valence-corrected chi connectivity index (χ0v) is 12.1.